The molecule has 1 aliphatic heterocycles. The molecule has 5 nitrogen and oxygen atoms in total. The number of carbonyl (C=O) groups excluding carboxylic acids is 1. The number of rotatable bonds is 6. The molecule has 0 spiro atoms. The minimum Gasteiger partial charge on any atom is -0.381 e. The molecule has 0 radical (unpaired) electrons. The summed E-state index contributed by atoms with van der Waals surface area (Å²) in [5.41, 5.74) is 0.339. The van der Waals surface area contributed by atoms with E-state index >= 15 is 0 Å². The maximum atomic E-state index is 13.2. The fraction of sp³-hybridized carbons (Fsp3) is 0.700. The van der Waals surface area contributed by atoms with E-state index < -0.39 is 5.54 Å². The van der Waals surface area contributed by atoms with Crippen molar-refractivity contribution in [2.45, 2.75) is 56.4 Å². The van der Waals surface area contributed by atoms with Gasteiger partial charge in [0.15, 0.2) is 0 Å². The van der Waals surface area contributed by atoms with Crippen LogP contribution in [0.2, 0.25) is 5.02 Å². The van der Waals surface area contributed by atoms with E-state index in [1.54, 1.807) is 7.05 Å². The molecular formula is C20H29ClFN3O2. The zero-order valence-electron chi connectivity index (χ0n) is 15.9. The third-order valence-electron chi connectivity index (χ3n) is 6.09. The van der Waals surface area contributed by atoms with E-state index in [1.165, 1.54) is 12.3 Å². The van der Waals surface area contributed by atoms with Gasteiger partial charge in [0.1, 0.15) is 11.4 Å². The molecule has 0 aromatic carbocycles. The van der Waals surface area contributed by atoms with Gasteiger partial charge < -0.3 is 15.4 Å². The Bertz CT molecular complexity index is 644. The van der Waals surface area contributed by atoms with Crippen LogP contribution in [-0.4, -0.2) is 43.2 Å². The molecule has 2 N–H and O–H groups in total. The van der Waals surface area contributed by atoms with Gasteiger partial charge in [0, 0.05) is 26.2 Å². The number of pyridine rings is 1. The molecule has 7 heteroatoms. The average Bonchev–Trinajstić information content (AvgIpc) is 2.69. The maximum Gasteiger partial charge on any atom is 0.240 e. The summed E-state index contributed by atoms with van der Waals surface area (Å²) in [6, 6.07) is 1.35. The molecule has 1 saturated heterocycles. The summed E-state index contributed by atoms with van der Waals surface area (Å²) in [6.07, 6.45) is 8.01. The topological polar surface area (TPSA) is 63.2 Å². The Kier molecular flexibility index (Phi) is 7.06. The standard InChI is InChI=1S/C20H29ClFN3O2/c1-23-19(26)20(7-10-27-11-8-20)25-9-6-14-2-4-15(5-3-14)18-17(21)12-16(22)13-24-18/h12-15,25H,2-11H2,1H3,(H,23,26). The van der Waals surface area contributed by atoms with Crippen LogP contribution < -0.4 is 10.6 Å². The van der Waals surface area contributed by atoms with Crippen molar-refractivity contribution in [3.05, 3.63) is 28.8 Å². The molecular weight excluding hydrogens is 369 g/mol. The van der Waals surface area contributed by atoms with Crippen LogP contribution in [-0.2, 0) is 9.53 Å². The van der Waals surface area contributed by atoms with E-state index in [-0.39, 0.29) is 11.7 Å². The zero-order chi connectivity index (χ0) is 19.3. The number of nitrogens with zero attached hydrogens (tertiary/aromatic N) is 1. The molecule has 0 bridgehead atoms. The summed E-state index contributed by atoms with van der Waals surface area (Å²) in [4.78, 5) is 16.6. The second-order valence-corrected chi connectivity index (χ2v) is 8.13. The second-order valence-electron chi connectivity index (χ2n) is 7.73. The normalized spacial score (nSPS) is 25.1. The minimum atomic E-state index is -0.490. The lowest BCUT2D eigenvalue weighted by Crippen LogP contribution is -2.59. The number of likely N-dealkylation sites (N-methyl/N-ethyl adjacent to an activating group) is 1. The molecule has 2 aliphatic rings. The van der Waals surface area contributed by atoms with Crippen LogP contribution in [0.25, 0.3) is 0 Å². The number of aromatic nitrogens is 1. The van der Waals surface area contributed by atoms with Crippen LogP contribution in [0.1, 0.15) is 56.6 Å². The first kappa shape index (κ1) is 20.5. The lowest BCUT2D eigenvalue weighted by Gasteiger charge is -2.37. The SMILES string of the molecule is CNC(=O)C1(NCCC2CCC(c3ncc(F)cc3Cl)CC2)CCOCC1. The third kappa shape index (κ3) is 4.98. The van der Waals surface area contributed by atoms with Crippen LogP contribution in [0, 0.1) is 11.7 Å². The Morgan fingerprint density at radius 2 is 2.04 bits per heavy atom. The van der Waals surface area contributed by atoms with Gasteiger partial charge in [-0.05, 0) is 63.5 Å². The molecule has 2 heterocycles. The molecule has 3 rings (SSSR count). The van der Waals surface area contributed by atoms with Gasteiger partial charge in [-0.2, -0.15) is 0 Å². The maximum absolute atomic E-state index is 13.2. The highest BCUT2D eigenvalue weighted by Gasteiger charge is 2.39. The van der Waals surface area contributed by atoms with Gasteiger partial charge in [-0.1, -0.05) is 11.6 Å². The van der Waals surface area contributed by atoms with Crippen molar-refractivity contribution in [2.24, 2.45) is 5.92 Å². The van der Waals surface area contributed by atoms with Crippen LogP contribution in [0.3, 0.4) is 0 Å². The number of hydrogen-bond donors (Lipinski definition) is 2. The first-order chi connectivity index (χ1) is 13.0. The van der Waals surface area contributed by atoms with Gasteiger partial charge in [0.2, 0.25) is 5.91 Å². The summed E-state index contributed by atoms with van der Waals surface area (Å²) in [6.45, 7) is 2.08. The summed E-state index contributed by atoms with van der Waals surface area (Å²) < 4.78 is 18.6. The predicted molar refractivity (Wildman–Crippen MR) is 103 cm³/mol. The average molecular weight is 398 g/mol. The highest BCUT2D eigenvalue weighted by Crippen LogP contribution is 2.38. The molecule has 27 heavy (non-hydrogen) atoms. The van der Waals surface area contributed by atoms with E-state index in [0.717, 1.165) is 44.3 Å². The number of hydrogen-bond acceptors (Lipinski definition) is 4. The third-order valence-corrected chi connectivity index (χ3v) is 6.40. The molecule has 150 valence electrons. The molecule has 1 aliphatic carbocycles. The first-order valence-corrected chi connectivity index (χ1v) is 10.3. The van der Waals surface area contributed by atoms with E-state index in [9.17, 15) is 9.18 Å². The van der Waals surface area contributed by atoms with Crippen molar-refractivity contribution in [2.75, 3.05) is 26.8 Å². The van der Waals surface area contributed by atoms with Crippen molar-refractivity contribution < 1.29 is 13.9 Å². The molecule has 2 fully saturated rings. The summed E-state index contributed by atoms with van der Waals surface area (Å²) in [5.74, 6) is 0.623. The number of nitrogens with one attached hydrogen (secondary N) is 2. The Labute approximate surface area is 165 Å². The summed E-state index contributed by atoms with van der Waals surface area (Å²) in [7, 11) is 1.69. The number of halogens is 2. The van der Waals surface area contributed by atoms with Gasteiger partial charge in [-0.25, -0.2) is 4.39 Å². The monoisotopic (exact) mass is 397 g/mol. The van der Waals surface area contributed by atoms with Gasteiger partial charge >= 0.3 is 0 Å². The van der Waals surface area contributed by atoms with Gasteiger partial charge in [0.05, 0.1) is 16.9 Å². The smallest absolute Gasteiger partial charge is 0.240 e. The van der Waals surface area contributed by atoms with Crippen LogP contribution >= 0.6 is 11.6 Å². The van der Waals surface area contributed by atoms with Crippen LogP contribution in [0.4, 0.5) is 4.39 Å². The van der Waals surface area contributed by atoms with Crippen molar-refractivity contribution in [3.8, 4) is 0 Å². The minimum absolute atomic E-state index is 0.0616. The molecule has 1 amide bonds. The van der Waals surface area contributed by atoms with E-state index in [4.69, 9.17) is 16.3 Å². The van der Waals surface area contributed by atoms with Crippen molar-refractivity contribution in [1.82, 2.24) is 15.6 Å². The molecule has 1 aromatic rings. The molecule has 1 saturated carbocycles. The molecule has 0 atom stereocenters. The van der Waals surface area contributed by atoms with Gasteiger partial charge in [-0.3, -0.25) is 9.78 Å². The number of ether oxygens (including phenoxy) is 1. The highest BCUT2D eigenvalue weighted by atomic mass is 35.5. The fourth-order valence-electron chi connectivity index (χ4n) is 4.41. The van der Waals surface area contributed by atoms with E-state index in [2.05, 4.69) is 15.6 Å². The Morgan fingerprint density at radius 3 is 2.67 bits per heavy atom. The van der Waals surface area contributed by atoms with Gasteiger partial charge in [0.25, 0.3) is 0 Å². The van der Waals surface area contributed by atoms with Crippen molar-refractivity contribution in [1.29, 1.82) is 0 Å². The van der Waals surface area contributed by atoms with E-state index in [0.29, 0.717) is 42.9 Å². The second kappa shape index (κ2) is 9.30. The highest BCUT2D eigenvalue weighted by molar-refractivity contribution is 6.31. The molecule has 0 unspecified atom stereocenters. The summed E-state index contributed by atoms with van der Waals surface area (Å²) >= 11 is 6.17. The lowest BCUT2D eigenvalue weighted by molar-refractivity contribution is -0.131. The zero-order valence-corrected chi connectivity index (χ0v) is 16.7. The van der Waals surface area contributed by atoms with Crippen LogP contribution in [0.5, 0.6) is 0 Å². The Hall–Kier alpha value is -1.24. The first-order valence-electron chi connectivity index (χ1n) is 9.90. The quantitative estimate of drug-likeness (QED) is 0.772. The Morgan fingerprint density at radius 1 is 1.33 bits per heavy atom. The van der Waals surface area contributed by atoms with E-state index in [1.807, 2.05) is 0 Å². The number of amides is 1. The number of carbonyl (C=O) groups is 1. The summed E-state index contributed by atoms with van der Waals surface area (Å²) in [5, 5.41) is 6.76. The fourth-order valence-corrected chi connectivity index (χ4v) is 4.72. The largest absolute Gasteiger partial charge is 0.381 e. The molecule has 1 aromatic heterocycles. The lowest BCUT2D eigenvalue weighted by atomic mass is 9.79. The Balaban J connectivity index is 1.47. The van der Waals surface area contributed by atoms with Gasteiger partial charge in [-0.15, -0.1) is 0 Å². The predicted octanol–water partition coefficient (Wildman–Crippen LogP) is 3.42. The van der Waals surface area contributed by atoms with Crippen molar-refractivity contribution in [3.63, 3.8) is 0 Å². The van der Waals surface area contributed by atoms with Crippen molar-refractivity contribution >= 4 is 17.5 Å². The van der Waals surface area contributed by atoms with Crippen LogP contribution in [0.15, 0.2) is 12.3 Å².